The molecule has 1 unspecified atom stereocenters. The molecule has 1 aromatic rings. The summed E-state index contributed by atoms with van der Waals surface area (Å²) in [6, 6.07) is 7.77. The Bertz CT molecular complexity index is 301. The van der Waals surface area contributed by atoms with Gasteiger partial charge in [-0.25, -0.2) is 0 Å². The van der Waals surface area contributed by atoms with Crippen molar-refractivity contribution in [2.75, 3.05) is 6.61 Å². The van der Waals surface area contributed by atoms with Gasteiger partial charge in [0, 0.05) is 11.1 Å². The van der Waals surface area contributed by atoms with Gasteiger partial charge in [0.2, 0.25) is 0 Å². The smallest absolute Gasteiger partial charge is 0.0624 e. The van der Waals surface area contributed by atoms with E-state index in [1.807, 2.05) is 38.1 Å². The van der Waals surface area contributed by atoms with Crippen LogP contribution in [-0.2, 0) is 11.2 Å². The van der Waals surface area contributed by atoms with E-state index < -0.39 is 0 Å². The summed E-state index contributed by atoms with van der Waals surface area (Å²) in [5, 5.41) is 0.775. The second-order valence-electron chi connectivity index (χ2n) is 3.94. The molecule has 15 heavy (non-hydrogen) atoms. The van der Waals surface area contributed by atoms with E-state index >= 15 is 0 Å². The lowest BCUT2D eigenvalue weighted by molar-refractivity contribution is 0.0684. The zero-order valence-electron chi connectivity index (χ0n) is 9.24. The lowest BCUT2D eigenvalue weighted by Gasteiger charge is -2.14. The average Bonchev–Trinajstić information content (AvgIpc) is 2.18. The molecule has 0 saturated heterocycles. The first-order valence-electron chi connectivity index (χ1n) is 5.20. The number of ether oxygens (including phenoxy) is 1. The number of nitrogens with two attached hydrogens (primary N) is 1. The molecule has 84 valence electrons. The first-order valence-corrected chi connectivity index (χ1v) is 5.58. The second kappa shape index (κ2) is 6.11. The number of rotatable bonds is 5. The van der Waals surface area contributed by atoms with Crippen molar-refractivity contribution in [3.8, 4) is 0 Å². The predicted molar refractivity (Wildman–Crippen MR) is 64.2 cm³/mol. The topological polar surface area (TPSA) is 35.2 Å². The molecule has 0 aliphatic heterocycles. The van der Waals surface area contributed by atoms with Crippen molar-refractivity contribution < 1.29 is 4.74 Å². The van der Waals surface area contributed by atoms with E-state index in [9.17, 15) is 0 Å². The third-order valence-corrected chi connectivity index (χ3v) is 2.45. The van der Waals surface area contributed by atoms with Crippen molar-refractivity contribution in [2.24, 2.45) is 5.73 Å². The Labute approximate surface area is 96.4 Å². The van der Waals surface area contributed by atoms with Gasteiger partial charge in [0.15, 0.2) is 0 Å². The van der Waals surface area contributed by atoms with Gasteiger partial charge in [-0.1, -0.05) is 29.8 Å². The van der Waals surface area contributed by atoms with Gasteiger partial charge in [0.1, 0.15) is 0 Å². The number of halogens is 1. The molecule has 0 aliphatic carbocycles. The largest absolute Gasteiger partial charge is 0.377 e. The summed E-state index contributed by atoms with van der Waals surface area (Å²) in [6.45, 7) is 4.58. The zero-order valence-corrected chi connectivity index (χ0v) is 10.00. The molecule has 0 aromatic heterocycles. The van der Waals surface area contributed by atoms with E-state index in [2.05, 4.69) is 0 Å². The van der Waals surface area contributed by atoms with Crippen molar-refractivity contribution >= 4 is 11.6 Å². The van der Waals surface area contributed by atoms with Gasteiger partial charge >= 0.3 is 0 Å². The minimum atomic E-state index is 0.00676. The minimum absolute atomic E-state index is 0.00676. The molecule has 3 heteroatoms. The molecule has 1 atom stereocenters. The highest BCUT2D eigenvalue weighted by Crippen LogP contribution is 2.16. The van der Waals surface area contributed by atoms with E-state index in [-0.39, 0.29) is 12.1 Å². The van der Waals surface area contributed by atoms with Crippen LogP contribution in [0.5, 0.6) is 0 Å². The fourth-order valence-corrected chi connectivity index (χ4v) is 1.53. The second-order valence-corrected chi connectivity index (χ2v) is 4.34. The molecule has 0 bridgehead atoms. The van der Waals surface area contributed by atoms with Crippen molar-refractivity contribution in [3.63, 3.8) is 0 Å². The zero-order chi connectivity index (χ0) is 11.3. The van der Waals surface area contributed by atoms with Crippen LogP contribution in [0.2, 0.25) is 5.02 Å². The van der Waals surface area contributed by atoms with Crippen LogP contribution in [0.1, 0.15) is 19.4 Å². The van der Waals surface area contributed by atoms with Crippen molar-refractivity contribution in [3.05, 3.63) is 34.9 Å². The quantitative estimate of drug-likeness (QED) is 0.840. The van der Waals surface area contributed by atoms with Crippen LogP contribution >= 0.6 is 11.6 Å². The van der Waals surface area contributed by atoms with Crippen molar-refractivity contribution in [1.82, 2.24) is 0 Å². The van der Waals surface area contributed by atoms with Gasteiger partial charge in [0.25, 0.3) is 0 Å². The van der Waals surface area contributed by atoms with Crippen LogP contribution < -0.4 is 5.73 Å². The van der Waals surface area contributed by atoms with Gasteiger partial charge in [-0.2, -0.15) is 0 Å². The monoisotopic (exact) mass is 227 g/mol. The Balaban J connectivity index is 2.44. The summed E-state index contributed by atoms with van der Waals surface area (Å²) in [6.07, 6.45) is 0.981. The Kier molecular flexibility index (Phi) is 5.09. The van der Waals surface area contributed by atoms with Crippen LogP contribution in [0.15, 0.2) is 24.3 Å². The SMILES string of the molecule is CC(C)OCC(N)Cc1ccccc1Cl. The maximum Gasteiger partial charge on any atom is 0.0624 e. The Morgan fingerprint density at radius 3 is 2.60 bits per heavy atom. The first kappa shape index (κ1) is 12.5. The molecule has 0 saturated carbocycles. The van der Waals surface area contributed by atoms with E-state index in [1.54, 1.807) is 0 Å². The molecule has 2 N–H and O–H groups in total. The number of hydrogen-bond donors (Lipinski definition) is 1. The third kappa shape index (κ3) is 4.65. The molecule has 0 fully saturated rings. The summed E-state index contributed by atoms with van der Waals surface area (Å²) >= 11 is 6.03. The standard InChI is InChI=1S/C12H18ClNO/c1-9(2)15-8-11(14)7-10-5-3-4-6-12(10)13/h3-6,9,11H,7-8,14H2,1-2H3. The van der Waals surface area contributed by atoms with Gasteiger partial charge in [-0.05, 0) is 31.9 Å². The van der Waals surface area contributed by atoms with Gasteiger partial charge < -0.3 is 10.5 Å². The van der Waals surface area contributed by atoms with Gasteiger partial charge in [-0.3, -0.25) is 0 Å². The highest BCUT2D eigenvalue weighted by Gasteiger charge is 2.07. The fourth-order valence-electron chi connectivity index (χ4n) is 1.32. The van der Waals surface area contributed by atoms with E-state index in [0.717, 1.165) is 17.0 Å². The Morgan fingerprint density at radius 2 is 2.00 bits per heavy atom. The lowest BCUT2D eigenvalue weighted by atomic mass is 10.1. The van der Waals surface area contributed by atoms with Crippen molar-refractivity contribution in [2.45, 2.75) is 32.4 Å². The molecule has 1 aromatic carbocycles. The third-order valence-electron chi connectivity index (χ3n) is 2.08. The lowest BCUT2D eigenvalue weighted by Crippen LogP contribution is -2.30. The van der Waals surface area contributed by atoms with Crippen LogP contribution in [0.3, 0.4) is 0 Å². The van der Waals surface area contributed by atoms with Crippen LogP contribution in [0.25, 0.3) is 0 Å². The van der Waals surface area contributed by atoms with Crippen LogP contribution in [0.4, 0.5) is 0 Å². The molecule has 0 heterocycles. The minimum Gasteiger partial charge on any atom is -0.377 e. The molecule has 0 radical (unpaired) electrons. The normalized spacial score (nSPS) is 13.1. The maximum absolute atomic E-state index is 6.03. The first-order chi connectivity index (χ1) is 7.09. The summed E-state index contributed by atoms with van der Waals surface area (Å²) in [4.78, 5) is 0. The van der Waals surface area contributed by atoms with Gasteiger partial charge in [-0.15, -0.1) is 0 Å². The van der Waals surface area contributed by atoms with Crippen LogP contribution in [0, 0.1) is 0 Å². The van der Waals surface area contributed by atoms with E-state index in [1.165, 1.54) is 0 Å². The Morgan fingerprint density at radius 1 is 1.33 bits per heavy atom. The van der Waals surface area contributed by atoms with Crippen molar-refractivity contribution in [1.29, 1.82) is 0 Å². The van der Waals surface area contributed by atoms with E-state index in [0.29, 0.717) is 6.61 Å². The molecule has 0 aliphatic rings. The summed E-state index contributed by atoms with van der Waals surface area (Å²) in [7, 11) is 0. The summed E-state index contributed by atoms with van der Waals surface area (Å²) in [5.74, 6) is 0. The average molecular weight is 228 g/mol. The molecule has 2 nitrogen and oxygen atoms in total. The maximum atomic E-state index is 6.03. The van der Waals surface area contributed by atoms with Gasteiger partial charge in [0.05, 0.1) is 12.7 Å². The number of hydrogen-bond acceptors (Lipinski definition) is 2. The summed E-state index contributed by atoms with van der Waals surface area (Å²) < 4.78 is 5.45. The highest BCUT2D eigenvalue weighted by atomic mass is 35.5. The van der Waals surface area contributed by atoms with Crippen LogP contribution in [-0.4, -0.2) is 18.8 Å². The fraction of sp³-hybridized carbons (Fsp3) is 0.500. The molecular formula is C12H18ClNO. The van der Waals surface area contributed by atoms with E-state index in [4.69, 9.17) is 22.1 Å². The molecule has 1 rings (SSSR count). The molecule has 0 spiro atoms. The summed E-state index contributed by atoms with van der Waals surface area (Å²) in [5.41, 5.74) is 7.02. The predicted octanol–water partition coefficient (Wildman–Crippen LogP) is 2.63. The molecular weight excluding hydrogens is 210 g/mol. The molecule has 0 amide bonds. The highest BCUT2D eigenvalue weighted by molar-refractivity contribution is 6.31. The Hall–Kier alpha value is -0.570. The number of benzene rings is 1.